The lowest BCUT2D eigenvalue weighted by Gasteiger charge is -2.33. The smallest absolute Gasteiger partial charge is 0.361 e. The molecule has 0 radical (unpaired) electrons. The van der Waals surface area contributed by atoms with E-state index in [0.717, 1.165) is 5.32 Å². The number of nitrogens with zero attached hydrogens (tertiary/aromatic N) is 1. The van der Waals surface area contributed by atoms with Crippen LogP contribution in [0.4, 0.5) is 26.3 Å². The summed E-state index contributed by atoms with van der Waals surface area (Å²) in [7, 11) is 0. The standard InChI is InChI=1S/C10H18F6N2O/c1-3-18(4-2)7-5-6-17-8(19,9(11,12)13)10(14,15)16/h17,19H,3-7H2,1-2H3. The topological polar surface area (TPSA) is 35.5 Å². The zero-order chi connectivity index (χ0) is 15.3. The molecule has 0 unspecified atom stereocenters. The first-order chi connectivity index (χ1) is 8.49. The second-order valence-electron chi connectivity index (χ2n) is 4.01. The van der Waals surface area contributed by atoms with E-state index in [4.69, 9.17) is 5.11 Å². The Morgan fingerprint density at radius 1 is 0.947 bits per heavy atom. The van der Waals surface area contributed by atoms with Crippen molar-refractivity contribution in [1.29, 1.82) is 0 Å². The van der Waals surface area contributed by atoms with E-state index in [1.54, 1.807) is 0 Å². The van der Waals surface area contributed by atoms with Gasteiger partial charge in [0, 0.05) is 0 Å². The molecule has 0 aliphatic heterocycles. The summed E-state index contributed by atoms with van der Waals surface area (Å²) in [6.45, 7) is 4.73. The molecule has 0 fully saturated rings. The van der Waals surface area contributed by atoms with Gasteiger partial charge in [0.15, 0.2) is 0 Å². The molecule has 3 nitrogen and oxygen atoms in total. The van der Waals surface area contributed by atoms with Gasteiger partial charge < -0.3 is 10.0 Å². The van der Waals surface area contributed by atoms with Crippen molar-refractivity contribution in [3.05, 3.63) is 0 Å². The third-order valence-electron chi connectivity index (χ3n) is 2.75. The van der Waals surface area contributed by atoms with E-state index < -0.39 is 24.6 Å². The maximum atomic E-state index is 12.3. The van der Waals surface area contributed by atoms with Crippen molar-refractivity contribution in [2.45, 2.75) is 38.3 Å². The molecule has 0 aliphatic carbocycles. The first-order valence-corrected chi connectivity index (χ1v) is 5.82. The van der Waals surface area contributed by atoms with E-state index in [-0.39, 0.29) is 6.42 Å². The molecule has 0 heterocycles. The Balaban J connectivity index is 4.48. The zero-order valence-electron chi connectivity index (χ0n) is 10.7. The van der Waals surface area contributed by atoms with E-state index in [2.05, 4.69) is 0 Å². The molecule has 0 spiro atoms. The third-order valence-corrected chi connectivity index (χ3v) is 2.75. The molecule has 0 aromatic rings. The van der Waals surface area contributed by atoms with Gasteiger partial charge in [-0.15, -0.1) is 0 Å². The minimum absolute atomic E-state index is 0.0656. The summed E-state index contributed by atoms with van der Waals surface area (Å²) in [5.74, 6) is 0. The predicted octanol–water partition coefficient (Wildman–Crippen LogP) is 2.12. The summed E-state index contributed by atoms with van der Waals surface area (Å²) >= 11 is 0. The van der Waals surface area contributed by atoms with E-state index in [1.165, 1.54) is 0 Å². The summed E-state index contributed by atoms with van der Waals surface area (Å²) in [4.78, 5) is 1.85. The fourth-order valence-electron chi connectivity index (χ4n) is 1.47. The summed E-state index contributed by atoms with van der Waals surface area (Å²) in [5, 5.41) is 9.95. The molecular weight excluding hydrogens is 278 g/mol. The van der Waals surface area contributed by atoms with Gasteiger partial charge in [-0.2, -0.15) is 26.3 Å². The minimum atomic E-state index is -5.82. The molecule has 2 N–H and O–H groups in total. The average Bonchev–Trinajstić information content (AvgIpc) is 2.26. The summed E-state index contributed by atoms with van der Waals surface area (Å²) in [6.07, 6.45) is -11.6. The van der Waals surface area contributed by atoms with Gasteiger partial charge in [-0.1, -0.05) is 13.8 Å². The van der Waals surface area contributed by atoms with Crippen LogP contribution in [-0.4, -0.2) is 54.3 Å². The Kier molecular flexibility index (Phi) is 6.56. The van der Waals surface area contributed by atoms with Crippen LogP contribution < -0.4 is 5.32 Å². The van der Waals surface area contributed by atoms with Gasteiger partial charge in [-0.25, -0.2) is 0 Å². The van der Waals surface area contributed by atoms with Crippen LogP contribution in [0.5, 0.6) is 0 Å². The average molecular weight is 296 g/mol. The summed E-state index contributed by atoms with van der Waals surface area (Å²) < 4.78 is 73.7. The molecule has 0 rings (SSSR count). The number of alkyl halides is 6. The molecule has 0 atom stereocenters. The van der Waals surface area contributed by atoms with E-state index in [9.17, 15) is 26.3 Å². The van der Waals surface area contributed by atoms with Crippen LogP contribution in [0.2, 0.25) is 0 Å². The highest BCUT2D eigenvalue weighted by molar-refractivity contribution is 4.91. The number of rotatable bonds is 7. The zero-order valence-corrected chi connectivity index (χ0v) is 10.7. The summed E-state index contributed by atoms with van der Waals surface area (Å²) in [5.41, 5.74) is -4.86. The van der Waals surface area contributed by atoms with Crippen molar-refractivity contribution in [1.82, 2.24) is 10.2 Å². The fourth-order valence-corrected chi connectivity index (χ4v) is 1.47. The third kappa shape index (κ3) is 4.81. The van der Waals surface area contributed by atoms with Crippen LogP contribution in [-0.2, 0) is 0 Å². The molecule has 0 aliphatic rings. The van der Waals surface area contributed by atoms with Gasteiger partial charge >= 0.3 is 18.1 Å². The Labute approximate surface area is 107 Å². The van der Waals surface area contributed by atoms with Gasteiger partial charge in [0.1, 0.15) is 0 Å². The molecule has 0 aromatic heterocycles. The van der Waals surface area contributed by atoms with Crippen molar-refractivity contribution in [3.8, 4) is 0 Å². The van der Waals surface area contributed by atoms with Crippen molar-refractivity contribution in [2.75, 3.05) is 26.2 Å². The van der Waals surface area contributed by atoms with Crippen LogP contribution in [0.1, 0.15) is 20.3 Å². The highest BCUT2D eigenvalue weighted by atomic mass is 19.4. The van der Waals surface area contributed by atoms with Gasteiger partial charge in [0.25, 0.3) is 0 Å². The SMILES string of the molecule is CCN(CC)CCCNC(O)(C(F)(F)F)C(F)(F)F. The van der Waals surface area contributed by atoms with E-state index >= 15 is 0 Å². The van der Waals surface area contributed by atoms with Crippen LogP contribution in [0, 0.1) is 0 Å². The number of hydrogen-bond acceptors (Lipinski definition) is 3. The highest BCUT2D eigenvalue weighted by Gasteiger charge is 2.70. The van der Waals surface area contributed by atoms with Gasteiger partial charge in [-0.05, 0) is 32.6 Å². The van der Waals surface area contributed by atoms with Crippen molar-refractivity contribution < 1.29 is 31.4 Å². The minimum Gasteiger partial charge on any atom is -0.361 e. The molecule has 0 bridgehead atoms. The summed E-state index contributed by atoms with van der Waals surface area (Å²) in [6, 6.07) is 0. The Morgan fingerprint density at radius 2 is 1.37 bits per heavy atom. The number of aliphatic hydroxyl groups is 1. The first-order valence-electron chi connectivity index (χ1n) is 5.82. The Bertz CT molecular complexity index is 248. The maximum absolute atomic E-state index is 12.3. The lowest BCUT2D eigenvalue weighted by molar-refractivity contribution is -0.379. The van der Waals surface area contributed by atoms with Gasteiger partial charge in [0.2, 0.25) is 0 Å². The van der Waals surface area contributed by atoms with Crippen molar-refractivity contribution in [3.63, 3.8) is 0 Å². The molecule has 19 heavy (non-hydrogen) atoms. The molecular formula is C10H18F6N2O. The number of halogens is 6. The highest BCUT2D eigenvalue weighted by Crippen LogP contribution is 2.40. The lowest BCUT2D eigenvalue weighted by atomic mass is 10.2. The molecule has 0 saturated heterocycles. The molecule has 116 valence electrons. The fraction of sp³-hybridized carbons (Fsp3) is 1.00. The van der Waals surface area contributed by atoms with Crippen molar-refractivity contribution in [2.24, 2.45) is 0 Å². The number of hydrogen-bond donors (Lipinski definition) is 2. The van der Waals surface area contributed by atoms with Gasteiger partial charge in [0.05, 0.1) is 0 Å². The van der Waals surface area contributed by atoms with E-state index in [0.29, 0.717) is 19.6 Å². The van der Waals surface area contributed by atoms with Gasteiger partial charge in [-0.3, -0.25) is 5.32 Å². The normalized spacial score (nSPS) is 14.2. The van der Waals surface area contributed by atoms with Crippen LogP contribution in [0.15, 0.2) is 0 Å². The van der Waals surface area contributed by atoms with Crippen LogP contribution in [0.3, 0.4) is 0 Å². The largest absolute Gasteiger partial charge is 0.440 e. The Morgan fingerprint density at radius 3 is 1.68 bits per heavy atom. The van der Waals surface area contributed by atoms with Crippen LogP contribution >= 0.6 is 0 Å². The van der Waals surface area contributed by atoms with Crippen molar-refractivity contribution >= 4 is 0 Å². The molecule has 9 heteroatoms. The van der Waals surface area contributed by atoms with Crippen LogP contribution in [0.25, 0.3) is 0 Å². The predicted molar refractivity (Wildman–Crippen MR) is 57.5 cm³/mol. The lowest BCUT2D eigenvalue weighted by Crippen LogP contribution is -2.66. The second kappa shape index (κ2) is 6.76. The molecule has 0 aromatic carbocycles. The number of nitrogens with one attached hydrogen (secondary N) is 1. The van der Waals surface area contributed by atoms with E-state index in [1.807, 2.05) is 18.7 Å². The maximum Gasteiger partial charge on any atom is 0.440 e. The monoisotopic (exact) mass is 296 g/mol. The Hall–Kier alpha value is -0.540. The molecule has 0 amide bonds. The quantitative estimate of drug-likeness (QED) is 0.429. The molecule has 0 saturated carbocycles. The first kappa shape index (κ1) is 18.5. The second-order valence-corrected chi connectivity index (χ2v) is 4.01.